The molecule has 1 saturated heterocycles. The molecule has 0 radical (unpaired) electrons. The summed E-state index contributed by atoms with van der Waals surface area (Å²) in [5, 5.41) is 9.12. The third kappa shape index (κ3) is 1.91. The zero-order valence-corrected chi connectivity index (χ0v) is 7.78. The standard InChI is InChI=1S/C10H9F2NO2/c11-10(12)5-13(6-10)9(15)7-2-1-3-8(14)4-7/h1-4,14H,5-6H2. The lowest BCUT2D eigenvalue weighted by atomic mass is 10.1. The zero-order valence-electron chi connectivity index (χ0n) is 7.78. The highest BCUT2D eigenvalue weighted by molar-refractivity contribution is 5.95. The highest BCUT2D eigenvalue weighted by Crippen LogP contribution is 2.28. The van der Waals surface area contributed by atoms with Crippen molar-refractivity contribution in [1.29, 1.82) is 0 Å². The first-order chi connectivity index (χ1) is 6.98. The van der Waals surface area contributed by atoms with E-state index in [0.717, 1.165) is 4.90 Å². The molecule has 0 aliphatic carbocycles. The van der Waals surface area contributed by atoms with Gasteiger partial charge in [-0.05, 0) is 18.2 Å². The van der Waals surface area contributed by atoms with E-state index in [1.165, 1.54) is 24.3 Å². The van der Waals surface area contributed by atoms with Crippen LogP contribution in [0.4, 0.5) is 8.78 Å². The number of amides is 1. The number of alkyl halides is 2. The van der Waals surface area contributed by atoms with Gasteiger partial charge in [-0.25, -0.2) is 8.78 Å². The first-order valence-electron chi connectivity index (χ1n) is 4.44. The Morgan fingerprint density at radius 1 is 1.40 bits per heavy atom. The number of hydrogen-bond donors (Lipinski definition) is 1. The van der Waals surface area contributed by atoms with Gasteiger partial charge in [0, 0.05) is 5.56 Å². The van der Waals surface area contributed by atoms with E-state index in [1.54, 1.807) is 0 Å². The summed E-state index contributed by atoms with van der Waals surface area (Å²) in [6.45, 7) is -1.08. The number of rotatable bonds is 1. The smallest absolute Gasteiger partial charge is 0.282 e. The molecule has 1 aliphatic heterocycles. The van der Waals surface area contributed by atoms with Crippen molar-refractivity contribution in [3.8, 4) is 5.75 Å². The van der Waals surface area contributed by atoms with E-state index >= 15 is 0 Å². The van der Waals surface area contributed by atoms with Crippen molar-refractivity contribution in [3.63, 3.8) is 0 Å². The third-order valence-electron chi connectivity index (χ3n) is 2.22. The van der Waals surface area contributed by atoms with E-state index in [9.17, 15) is 13.6 Å². The molecular formula is C10H9F2NO2. The van der Waals surface area contributed by atoms with Crippen LogP contribution in [0.25, 0.3) is 0 Å². The average molecular weight is 213 g/mol. The minimum atomic E-state index is -2.76. The summed E-state index contributed by atoms with van der Waals surface area (Å²) in [6.07, 6.45) is 0. The molecule has 5 heteroatoms. The van der Waals surface area contributed by atoms with Gasteiger partial charge in [0.25, 0.3) is 11.8 Å². The monoisotopic (exact) mass is 213 g/mol. The maximum Gasteiger partial charge on any atom is 0.282 e. The van der Waals surface area contributed by atoms with Crippen LogP contribution in [0.5, 0.6) is 5.75 Å². The summed E-state index contributed by atoms with van der Waals surface area (Å²) in [6, 6.07) is 5.67. The second kappa shape index (κ2) is 3.18. The minimum absolute atomic E-state index is 0.0480. The fraction of sp³-hybridized carbons (Fsp3) is 0.300. The van der Waals surface area contributed by atoms with Crippen molar-refractivity contribution in [3.05, 3.63) is 29.8 Å². The molecule has 80 valence electrons. The number of aromatic hydroxyl groups is 1. The Labute approximate surface area is 84.9 Å². The fourth-order valence-corrected chi connectivity index (χ4v) is 1.48. The second-order valence-electron chi connectivity index (χ2n) is 3.57. The van der Waals surface area contributed by atoms with Crippen molar-refractivity contribution in [2.75, 3.05) is 13.1 Å². The third-order valence-corrected chi connectivity index (χ3v) is 2.22. The summed E-state index contributed by atoms with van der Waals surface area (Å²) in [4.78, 5) is 12.6. The Hall–Kier alpha value is -1.65. The first kappa shape index (κ1) is 9.89. The first-order valence-corrected chi connectivity index (χ1v) is 4.44. The molecule has 1 N–H and O–H groups in total. The zero-order chi connectivity index (χ0) is 11.1. The van der Waals surface area contributed by atoms with Crippen LogP contribution in [-0.2, 0) is 0 Å². The van der Waals surface area contributed by atoms with Gasteiger partial charge in [0.1, 0.15) is 5.75 Å². The van der Waals surface area contributed by atoms with Crippen LogP contribution < -0.4 is 0 Å². The number of carbonyl (C=O) groups excluding carboxylic acids is 1. The van der Waals surface area contributed by atoms with Crippen LogP contribution in [0.3, 0.4) is 0 Å². The van der Waals surface area contributed by atoms with Gasteiger partial charge in [-0.1, -0.05) is 6.07 Å². The van der Waals surface area contributed by atoms with Crippen LogP contribution in [0.1, 0.15) is 10.4 Å². The summed E-state index contributed by atoms with van der Waals surface area (Å²) >= 11 is 0. The van der Waals surface area contributed by atoms with Crippen LogP contribution in [-0.4, -0.2) is 34.9 Å². The molecule has 3 nitrogen and oxygen atoms in total. The molecule has 0 unspecified atom stereocenters. The summed E-state index contributed by atoms with van der Waals surface area (Å²) in [7, 11) is 0. The Bertz CT molecular complexity index is 398. The van der Waals surface area contributed by atoms with Crippen LogP contribution >= 0.6 is 0 Å². The lowest BCUT2D eigenvalue weighted by Gasteiger charge is -2.38. The Kier molecular flexibility index (Phi) is 2.10. The number of benzene rings is 1. The molecule has 1 aliphatic rings. The normalized spacial score (nSPS) is 18.4. The maximum atomic E-state index is 12.5. The molecule has 0 atom stereocenters. The second-order valence-corrected chi connectivity index (χ2v) is 3.57. The maximum absolute atomic E-state index is 12.5. The minimum Gasteiger partial charge on any atom is -0.508 e. The van der Waals surface area contributed by atoms with Gasteiger partial charge < -0.3 is 10.0 Å². The van der Waals surface area contributed by atoms with Crippen LogP contribution in [0.15, 0.2) is 24.3 Å². The molecular weight excluding hydrogens is 204 g/mol. The number of phenolic OH excluding ortho intramolecular Hbond substituents is 1. The molecule has 0 saturated carbocycles. The number of phenols is 1. The van der Waals surface area contributed by atoms with Gasteiger partial charge in [0.05, 0.1) is 13.1 Å². The van der Waals surface area contributed by atoms with Gasteiger partial charge in [-0.2, -0.15) is 0 Å². The molecule has 1 heterocycles. The van der Waals surface area contributed by atoms with E-state index in [-0.39, 0.29) is 11.3 Å². The van der Waals surface area contributed by atoms with Gasteiger partial charge >= 0.3 is 0 Å². The predicted molar refractivity (Wildman–Crippen MR) is 49.0 cm³/mol. The summed E-state index contributed by atoms with van der Waals surface area (Å²) in [5.74, 6) is -3.28. The topological polar surface area (TPSA) is 40.5 Å². The molecule has 1 fully saturated rings. The van der Waals surface area contributed by atoms with E-state index in [4.69, 9.17) is 5.11 Å². The highest BCUT2D eigenvalue weighted by atomic mass is 19.3. The van der Waals surface area contributed by atoms with Gasteiger partial charge in [0.15, 0.2) is 0 Å². The molecule has 15 heavy (non-hydrogen) atoms. The van der Waals surface area contributed by atoms with Crippen LogP contribution in [0, 0.1) is 0 Å². The number of likely N-dealkylation sites (tertiary alicyclic amines) is 1. The fourth-order valence-electron chi connectivity index (χ4n) is 1.48. The van der Waals surface area contributed by atoms with Gasteiger partial charge in [-0.3, -0.25) is 4.79 Å². The van der Waals surface area contributed by atoms with E-state index in [1.807, 2.05) is 0 Å². The number of nitrogens with zero attached hydrogens (tertiary/aromatic N) is 1. The molecule has 0 bridgehead atoms. The van der Waals surface area contributed by atoms with Gasteiger partial charge in [-0.15, -0.1) is 0 Å². The summed E-state index contributed by atoms with van der Waals surface area (Å²) < 4.78 is 25.0. The van der Waals surface area contributed by atoms with Crippen molar-refractivity contribution in [2.24, 2.45) is 0 Å². The Morgan fingerprint density at radius 3 is 2.60 bits per heavy atom. The van der Waals surface area contributed by atoms with Crippen molar-refractivity contribution < 1.29 is 18.7 Å². The van der Waals surface area contributed by atoms with Crippen molar-refractivity contribution >= 4 is 5.91 Å². The van der Waals surface area contributed by atoms with Crippen molar-refractivity contribution in [1.82, 2.24) is 4.90 Å². The number of hydrogen-bond acceptors (Lipinski definition) is 2. The molecule has 1 amide bonds. The van der Waals surface area contributed by atoms with E-state index < -0.39 is 24.9 Å². The van der Waals surface area contributed by atoms with E-state index in [2.05, 4.69) is 0 Å². The molecule has 0 aromatic heterocycles. The Balaban J connectivity index is 2.10. The SMILES string of the molecule is O=C(c1cccc(O)c1)N1CC(F)(F)C1. The molecule has 0 spiro atoms. The Morgan fingerprint density at radius 2 is 2.07 bits per heavy atom. The summed E-state index contributed by atoms with van der Waals surface area (Å²) in [5.41, 5.74) is 0.227. The van der Waals surface area contributed by atoms with Crippen LogP contribution in [0.2, 0.25) is 0 Å². The quantitative estimate of drug-likeness (QED) is 0.767. The molecule has 2 rings (SSSR count). The number of carbonyl (C=O) groups is 1. The largest absolute Gasteiger partial charge is 0.508 e. The van der Waals surface area contributed by atoms with Gasteiger partial charge in [0.2, 0.25) is 0 Å². The molecule has 1 aromatic carbocycles. The lowest BCUT2D eigenvalue weighted by molar-refractivity contribution is -0.113. The predicted octanol–water partition coefficient (Wildman–Crippen LogP) is 1.48. The molecule has 1 aromatic rings. The lowest BCUT2D eigenvalue weighted by Crippen LogP contribution is -2.58. The van der Waals surface area contributed by atoms with Crippen molar-refractivity contribution in [2.45, 2.75) is 5.92 Å². The van der Waals surface area contributed by atoms with E-state index in [0.29, 0.717) is 0 Å². The number of halogens is 2. The average Bonchev–Trinajstić information content (AvgIpc) is 2.13. The highest BCUT2D eigenvalue weighted by Gasteiger charge is 2.46.